The zero-order chi connectivity index (χ0) is 21.2. The Morgan fingerprint density at radius 2 is 2.00 bits per heavy atom. The molecule has 0 bridgehead atoms. The molecule has 1 aromatic heterocycles. The lowest BCUT2D eigenvalue weighted by molar-refractivity contribution is -0.114. The summed E-state index contributed by atoms with van der Waals surface area (Å²) in [6, 6.07) is 6.54. The Bertz CT molecular complexity index is 910. The Hall–Kier alpha value is -3.69. The summed E-state index contributed by atoms with van der Waals surface area (Å²) in [5.41, 5.74) is 0.908. The molecule has 0 spiro atoms. The van der Waals surface area contributed by atoms with Gasteiger partial charge in [0.1, 0.15) is 5.69 Å². The predicted molar refractivity (Wildman–Crippen MR) is 108 cm³/mol. The Labute approximate surface area is 167 Å². The van der Waals surface area contributed by atoms with E-state index in [4.69, 9.17) is 4.74 Å². The fraction of sp³-hybridized carbons (Fsp3) is 0.316. The van der Waals surface area contributed by atoms with Gasteiger partial charge in [0.25, 0.3) is 5.56 Å². The molecule has 0 aliphatic rings. The van der Waals surface area contributed by atoms with E-state index in [1.54, 1.807) is 31.2 Å². The van der Waals surface area contributed by atoms with Crippen LogP contribution in [0.4, 0.5) is 17.3 Å². The molecule has 10 nitrogen and oxygen atoms in total. The monoisotopic (exact) mass is 401 g/mol. The average molecular weight is 401 g/mol. The third-order valence-electron chi connectivity index (χ3n) is 3.82. The standard InChI is InChI=1S/C19H23N5O5/c1-3-29-18(28)14-5-7-15(8-6-14)24(12-25)10-4-9-20-16-11-21-19(22-13(2)26)23-17(16)27/h5-8,11-12,20H,3-4,9-10H2,1-2H3,(H2,21,22,23,26,27). The summed E-state index contributed by atoms with van der Waals surface area (Å²) in [7, 11) is 0. The molecule has 0 radical (unpaired) electrons. The Morgan fingerprint density at radius 1 is 1.28 bits per heavy atom. The van der Waals surface area contributed by atoms with Crippen molar-refractivity contribution in [3.63, 3.8) is 0 Å². The third kappa shape index (κ3) is 6.45. The molecular formula is C19H23N5O5. The molecule has 2 amide bonds. The van der Waals surface area contributed by atoms with Crippen molar-refractivity contribution in [2.75, 3.05) is 35.2 Å². The molecule has 0 saturated carbocycles. The highest BCUT2D eigenvalue weighted by Gasteiger charge is 2.09. The van der Waals surface area contributed by atoms with E-state index in [-0.39, 0.29) is 17.5 Å². The SMILES string of the molecule is CCOC(=O)c1ccc(N(C=O)CCCNc2cnc(NC(C)=O)[nH]c2=O)cc1. The highest BCUT2D eigenvalue weighted by atomic mass is 16.5. The van der Waals surface area contributed by atoms with Gasteiger partial charge in [-0.25, -0.2) is 9.78 Å². The number of hydrogen-bond donors (Lipinski definition) is 3. The smallest absolute Gasteiger partial charge is 0.338 e. The highest BCUT2D eigenvalue weighted by Crippen LogP contribution is 2.15. The van der Waals surface area contributed by atoms with E-state index in [0.717, 1.165) is 0 Å². The lowest BCUT2D eigenvalue weighted by Crippen LogP contribution is -2.25. The number of rotatable bonds is 10. The molecule has 0 aliphatic heterocycles. The molecule has 2 rings (SSSR count). The summed E-state index contributed by atoms with van der Waals surface area (Å²) in [5.74, 6) is -0.672. The van der Waals surface area contributed by atoms with Crippen LogP contribution in [0.1, 0.15) is 30.6 Å². The first-order chi connectivity index (χ1) is 13.9. The fourth-order valence-corrected chi connectivity index (χ4v) is 2.47. The van der Waals surface area contributed by atoms with Crippen molar-refractivity contribution in [2.45, 2.75) is 20.3 Å². The fourth-order valence-electron chi connectivity index (χ4n) is 2.47. The van der Waals surface area contributed by atoms with Crippen LogP contribution in [-0.2, 0) is 14.3 Å². The first-order valence-corrected chi connectivity index (χ1v) is 9.04. The highest BCUT2D eigenvalue weighted by molar-refractivity contribution is 5.90. The van der Waals surface area contributed by atoms with Gasteiger partial charge in [-0.15, -0.1) is 0 Å². The molecule has 0 atom stereocenters. The summed E-state index contributed by atoms with van der Waals surface area (Å²) in [6.07, 6.45) is 2.59. The van der Waals surface area contributed by atoms with E-state index in [1.165, 1.54) is 18.0 Å². The number of ether oxygens (including phenoxy) is 1. The zero-order valence-corrected chi connectivity index (χ0v) is 16.2. The number of benzene rings is 1. The number of aromatic amines is 1. The van der Waals surface area contributed by atoms with Crippen LogP contribution in [0.15, 0.2) is 35.3 Å². The topological polar surface area (TPSA) is 133 Å². The summed E-state index contributed by atoms with van der Waals surface area (Å²) >= 11 is 0. The van der Waals surface area contributed by atoms with Crippen molar-refractivity contribution < 1.29 is 19.1 Å². The van der Waals surface area contributed by atoms with E-state index in [9.17, 15) is 19.2 Å². The minimum Gasteiger partial charge on any atom is -0.462 e. The van der Waals surface area contributed by atoms with Crippen LogP contribution in [0.3, 0.4) is 0 Å². The molecule has 1 heterocycles. The number of esters is 1. The second-order valence-corrected chi connectivity index (χ2v) is 6.00. The molecule has 10 heteroatoms. The quantitative estimate of drug-likeness (QED) is 0.311. The van der Waals surface area contributed by atoms with Crippen molar-refractivity contribution in [3.8, 4) is 0 Å². The molecule has 3 N–H and O–H groups in total. The Balaban J connectivity index is 1.87. The van der Waals surface area contributed by atoms with E-state index < -0.39 is 11.5 Å². The van der Waals surface area contributed by atoms with Crippen molar-refractivity contribution in [2.24, 2.45) is 0 Å². The Kier molecular flexibility index (Phi) is 7.89. The summed E-state index contributed by atoms with van der Waals surface area (Å²) < 4.78 is 4.93. The van der Waals surface area contributed by atoms with Crippen LogP contribution in [0, 0.1) is 0 Å². The first kappa shape index (κ1) is 21.6. The maximum absolute atomic E-state index is 11.9. The number of aromatic nitrogens is 2. The van der Waals surface area contributed by atoms with Gasteiger partial charge < -0.3 is 15.0 Å². The van der Waals surface area contributed by atoms with Gasteiger partial charge in [-0.2, -0.15) is 0 Å². The normalized spacial score (nSPS) is 10.1. The molecule has 0 saturated heterocycles. The maximum atomic E-state index is 11.9. The molecule has 29 heavy (non-hydrogen) atoms. The largest absolute Gasteiger partial charge is 0.462 e. The van der Waals surface area contributed by atoms with Crippen molar-refractivity contribution in [1.29, 1.82) is 0 Å². The summed E-state index contributed by atoms with van der Waals surface area (Å²) in [5, 5.41) is 5.33. The third-order valence-corrected chi connectivity index (χ3v) is 3.82. The van der Waals surface area contributed by atoms with Gasteiger partial charge in [0, 0.05) is 25.7 Å². The number of carbonyl (C=O) groups excluding carboxylic acids is 3. The van der Waals surface area contributed by atoms with Crippen LogP contribution in [0.2, 0.25) is 0 Å². The number of anilines is 3. The van der Waals surface area contributed by atoms with E-state index in [0.29, 0.717) is 43.8 Å². The summed E-state index contributed by atoms with van der Waals surface area (Å²) in [6.45, 7) is 4.17. The van der Waals surface area contributed by atoms with E-state index >= 15 is 0 Å². The van der Waals surface area contributed by atoms with Crippen molar-refractivity contribution in [3.05, 3.63) is 46.4 Å². The van der Waals surface area contributed by atoms with Crippen molar-refractivity contribution >= 4 is 35.6 Å². The average Bonchev–Trinajstić information content (AvgIpc) is 2.69. The van der Waals surface area contributed by atoms with Gasteiger partial charge in [-0.3, -0.25) is 24.7 Å². The second kappa shape index (κ2) is 10.6. The molecule has 1 aromatic carbocycles. The number of amides is 2. The van der Waals surface area contributed by atoms with Gasteiger partial charge in [0.05, 0.1) is 18.4 Å². The first-order valence-electron chi connectivity index (χ1n) is 9.04. The maximum Gasteiger partial charge on any atom is 0.338 e. The number of hydrogen-bond acceptors (Lipinski definition) is 7. The van der Waals surface area contributed by atoms with Gasteiger partial charge in [-0.05, 0) is 37.6 Å². The van der Waals surface area contributed by atoms with Crippen LogP contribution < -0.4 is 21.1 Å². The van der Waals surface area contributed by atoms with Gasteiger partial charge in [0.2, 0.25) is 18.3 Å². The lowest BCUT2D eigenvalue weighted by Gasteiger charge is -2.18. The number of carbonyl (C=O) groups is 3. The van der Waals surface area contributed by atoms with Gasteiger partial charge in [0.15, 0.2) is 0 Å². The number of nitrogens with zero attached hydrogens (tertiary/aromatic N) is 2. The number of nitrogens with one attached hydrogen (secondary N) is 3. The lowest BCUT2D eigenvalue weighted by atomic mass is 10.2. The van der Waals surface area contributed by atoms with Crippen LogP contribution in [0.25, 0.3) is 0 Å². The molecular weight excluding hydrogens is 378 g/mol. The Morgan fingerprint density at radius 3 is 2.59 bits per heavy atom. The second-order valence-electron chi connectivity index (χ2n) is 6.00. The molecule has 2 aromatic rings. The predicted octanol–water partition coefficient (Wildman–Crippen LogP) is 1.37. The van der Waals surface area contributed by atoms with E-state index in [2.05, 4.69) is 20.6 Å². The van der Waals surface area contributed by atoms with Gasteiger partial charge >= 0.3 is 5.97 Å². The molecule has 154 valence electrons. The van der Waals surface area contributed by atoms with Crippen LogP contribution >= 0.6 is 0 Å². The zero-order valence-electron chi connectivity index (χ0n) is 16.2. The van der Waals surface area contributed by atoms with Crippen LogP contribution in [0.5, 0.6) is 0 Å². The minimum atomic E-state index is -0.413. The van der Waals surface area contributed by atoms with Gasteiger partial charge in [-0.1, -0.05) is 0 Å². The molecule has 0 aliphatic carbocycles. The van der Waals surface area contributed by atoms with Crippen molar-refractivity contribution in [1.82, 2.24) is 9.97 Å². The number of H-pyrrole nitrogens is 1. The minimum absolute atomic E-state index is 0.0754. The van der Waals surface area contributed by atoms with Crippen LogP contribution in [-0.4, -0.2) is 48.0 Å². The molecule has 0 unspecified atom stereocenters. The van der Waals surface area contributed by atoms with E-state index in [1.807, 2.05) is 0 Å². The molecule has 0 fully saturated rings. The summed E-state index contributed by atoms with van der Waals surface area (Å²) in [4.78, 5) is 53.9.